The number of pyridine rings is 1. The van der Waals surface area contributed by atoms with Crippen molar-refractivity contribution in [1.29, 1.82) is 0 Å². The maximum atomic E-state index is 12.6. The van der Waals surface area contributed by atoms with Gasteiger partial charge in [0, 0.05) is 24.5 Å². The van der Waals surface area contributed by atoms with Gasteiger partial charge in [-0.3, -0.25) is 4.79 Å². The molecule has 0 bridgehead atoms. The fourth-order valence-corrected chi connectivity index (χ4v) is 2.72. The lowest BCUT2D eigenvalue weighted by molar-refractivity contribution is 0.301. The second kappa shape index (κ2) is 7.75. The third kappa shape index (κ3) is 4.12. The van der Waals surface area contributed by atoms with E-state index in [0.29, 0.717) is 30.8 Å². The number of aryl methyl sites for hydroxylation is 1. The number of fused-ring (bicyclic) bond motifs is 1. The van der Waals surface area contributed by atoms with Gasteiger partial charge in [0.2, 0.25) is 0 Å². The first-order valence-electron chi connectivity index (χ1n) is 8.41. The Kier molecular flexibility index (Phi) is 5.23. The number of nitrogen functional groups attached to an aromatic ring is 1. The first-order chi connectivity index (χ1) is 12.2. The minimum absolute atomic E-state index is 0.0111. The monoisotopic (exact) mass is 338 g/mol. The van der Waals surface area contributed by atoms with Crippen molar-refractivity contribution in [2.45, 2.75) is 19.9 Å². The van der Waals surface area contributed by atoms with Crippen molar-refractivity contribution >= 4 is 16.5 Å². The fraction of sp³-hybridized carbons (Fsp3) is 0.250. The second-order valence-corrected chi connectivity index (χ2v) is 5.77. The molecule has 5 nitrogen and oxygen atoms in total. The summed E-state index contributed by atoms with van der Waals surface area (Å²) in [6, 6.07) is 14.9. The van der Waals surface area contributed by atoms with Crippen LogP contribution in [0.5, 0.6) is 11.5 Å². The van der Waals surface area contributed by atoms with E-state index in [9.17, 15) is 4.79 Å². The molecule has 1 heterocycles. The van der Waals surface area contributed by atoms with Crippen LogP contribution in [-0.2, 0) is 6.54 Å². The molecule has 130 valence electrons. The number of hydrogen-bond acceptors (Lipinski definition) is 4. The van der Waals surface area contributed by atoms with E-state index in [-0.39, 0.29) is 5.56 Å². The molecule has 0 saturated heterocycles. The molecule has 0 saturated carbocycles. The summed E-state index contributed by atoms with van der Waals surface area (Å²) in [5.41, 5.74) is 6.39. The SMILES string of the molecule is CCOc1ccc2ccn(CCCOc3cccc(N)c3)c(=O)c2c1. The highest BCUT2D eigenvalue weighted by Gasteiger charge is 2.05. The molecule has 2 aromatic carbocycles. The summed E-state index contributed by atoms with van der Waals surface area (Å²) in [4.78, 5) is 12.6. The number of hydrogen-bond donors (Lipinski definition) is 1. The molecule has 0 atom stereocenters. The molecular formula is C20H22N2O3. The van der Waals surface area contributed by atoms with Crippen molar-refractivity contribution < 1.29 is 9.47 Å². The molecule has 3 rings (SSSR count). The normalized spacial score (nSPS) is 10.8. The molecule has 2 N–H and O–H groups in total. The average Bonchev–Trinajstić information content (AvgIpc) is 2.61. The minimum atomic E-state index is -0.0111. The largest absolute Gasteiger partial charge is 0.494 e. The van der Waals surface area contributed by atoms with Gasteiger partial charge in [-0.05, 0) is 49.1 Å². The van der Waals surface area contributed by atoms with Crippen LogP contribution >= 0.6 is 0 Å². The highest BCUT2D eigenvalue weighted by Crippen LogP contribution is 2.18. The number of nitrogens with zero attached hydrogens (tertiary/aromatic N) is 1. The van der Waals surface area contributed by atoms with Crippen LogP contribution in [0.15, 0.2) is 59.5 Å². The molecule has 0 fully saturated rings. The molecule has 0 radical (unpaired) electrons. The third-order valence-corrected chi connectivity index (χ3v) is 3.93. The van der Waals surface area contributed by atoms with E-state index in [1.165, 1.54) is 0 Å². The zero-order chi connectivity index (χ0) is 17.6. The molecule has 5 heteroatoms. The maximum absolute atomic E-state index is 12.6. The van der Waals surface area contributed by atoms with Crippen molar-refractivity contribution in [3.8, 4) is 11.5 Å². The summed E-state index contributed by atoms with van der Waals surface area (Å²) in [7, 11) is 0. The predicted molar refractivity (Wildman–Crippen MR) is 100 cm³/mol. The highest BCUT2D eigenvalue weighted by molar-refractivity contribution is 5.82. The van der Waals surface area contributed by atoms with Gasteiger partial charge in [-0.25, -0.2) is 0 Å². The number of nitrogens with two attached hydrogens (primary N) is 1. The first-order valence-corrected chi connectivity index (χ1v) is 8.41. The van der Waals surface area contributed by atoms with E-state index in [1.54, 1.807) is 16.7 Å². The fourth-order valence-electron chi connectivity index (χ4n) is 2.72. The summed E-state index contributed by atoms with van der Waals surface area (Å²) >= 11 is 0. The highest BCUT2D eigenvalue weighted by atomic mass is 16.5. The Bertz CT molecular complexity index is 918. The van der Waals surface area contributed by atoms with Crippen LogP contribution in [0.25, 0.3) is 10.8 Å². The van der Waals surface area contributed by atoms with E-state index in [2.05, 4.69) is 0 Å². The van der Waals surface area contributed by atoms with E-state index in [4.69, 9.17) is 15.2 Å². The molecule has 0 aliphatic rings. The Labute approximate surface area is 146 Å². The Morgan fingerprint density at radius 1 is 1.04 bits per heavy atom. The summed E-state index contributed by atoms with van der Waals surface area (Å²) in [5, 5.41) is 1.59. The van der Waals surface area contributed by atoms with E-state index < -0.39 is 0 Å². The lowest BCUT2D eigenvalue weighted by atomic mass is 10.1. The first kappa shape index (κ1) is 16.9. The van der Waals surface area contributed by atoms with Gasteiger partial charge in [0.25, 0.3) is 5.56 Å². The predicted octanol–water partition coefficient (Wildman–Crippen LogP) is 3.45. The molecule has 25 heavy (non-hydrogen) atoms. The zero-order valence-electron chi connectivity index (χ0n) is 14.3. The summed E-state index contributed by atoms with van der Waals surface area (Å²) in [6.07, 6.45) is 2.55. The molecular weight excluding hydrogens is 316 g/mol. The number of rotatable bonds is 7. The van der Waals surface area contributed by atoms with Crippen molar-refractivity contribution in [3.05, 3.63) is 65.1 Å². The van der Waals surface area contributed by atoms with Gasteiger partial charge in [-0.2, -0.15) is 0 Å². The van der Waals surface area contributed by atoms with Crippen LogP contribution < -0.4 is 20.8 Å². The van der Waals surface area contributed by atoms with Gasteiger partial charge >= 0.3 is 0 Å². The van der Waals surface area contributed by atoms with Gasteiger partial charge < -0.3 is 19.8 Å². The maximum Gasteiger partial charge on any atom is 0.258 e. The molecule has 0 spiro atoms. The molecule has 3 aromatic rings. The van der Waals surface area contributed by atoms with Crippen LogP contribution in [0.3, 0.4) is 0 Å². The van der Waals surface area contributed by atoms with Crippen molar-refractivity contribution in [2.75, 3.05) is 18.9 Å². The third-order valence-electron chi connectivity index (χ3n) is 3.93. The number of benzene rings is 2. The summed E-state index contributed by atoms with van der Waals surface area (Å²) in [5.74, 6) is 1.46. The number of aromatic nitrogens is 1. The van der Waals surface area contributed by atoms with Crippen LogP contribution in [0, 0.1) is 0 Å². The Morgan fingerprint density at radius 3 is 2.68 bits per heavy atom. The average molecular weight is 338 g/mol. The number of anilines is 1. The molecule has 0 aliphatic carbocycles. The van der Waals surface area contributed by atoms with Gasteiger partial charge in [0.1, 0.15) is 11.5 Å². The standard InChI is InChI=1S/C20H22N2O3/c1-2-24-18-8-7-15-9-11-22(20(23)19(15)14-18)10-4-12-25-17-6-3-5-16(21)13-17/h3,5-9,11,13-14H,2,4,10,12,21H2,1H3. The quantitative estimate of drug-likeness (QED) is 0.529. The van der Waals surface area contributed by atoms with Crippen molar-refractivity contribution in [3.63, 3.8) is 0 Å². The van der Waals surface area contributed by atoms with E-state index in [1.807, 2.05) is 49.5 Å². The zero-order valence-corrected chi connectivity index (χ0v) is 14.3. The van der Waals surface area contributed by atoms with Crippen LogP contribution in [0.2, 0.25) is 0 Å². The van der Waals surface area contributed by atoms with Crippen LogP contribution in [0.4, 0.5) is 5.69 Å². The van der Waals surface area contributed by atoms with Crippen LogP contribution in [0.1, 0.15) is 13.3 Å². The van der Waals surface area contributed by atoms with Crippen molar-refractivity contribution in [2.24, 2.45) is 0 Å². The molecule has 0 aliphatic heterocycles. The lowest BCUT2D eigenvalue weighted by Crippen LogP contribution is -2.20. The molecule has 0 amide bonds. The number of ether oxygens (including phenoxy) is 2. The lowest BCUT2D eigenvalue weighted by Gasteiger charge is -2.10. The summed E-state index contributed by atoms with van der Waals surface area (Å²) < 4.78 is 12.9. The van der Waals surface area contributed by atoms with Crippen molar-refractivity contribution in [1.82, 2.24) is 4.57 Å². The second-order valence-electron chi connectivity index (χ2n) is 5.77. The Balaban J connectivity index is 1.67. The smallest absolute Gasteiger partial charge is 0.258 e. The Morgan fingerprint density at radius 2 is 1.88 bits per heavy atom. The van der Waals surface area contributed by atoms with Crippen LogP contribution in [-0.4, -0.2) is 17.8 Å². The Hall–Kier alpha value is -2.95. The van der Waals surface area contributed by atoms with Gasteiger partial charge in [-0.15, -0.1) is 0 Å². The van der Waals surface area contributed by atoms with E-state index in [0.717, 1.165) is 23.3 Å². The molecule has 0 unspecified atom stereocenters. The minimum Gasteiger partial charge on any atom is -0.494 e. The topological polar surface area (TPSA) is 66.5 Å². The molecule has 1 aromatic heterocycles. The van der Waals surface area contributed by atoms with E-state index >= 15 is 0 Å². The summed E-state index contributed by atoms with van der Waals surface area (Å²) in [6.45, 7) is 3.62. The van der Waals surface area contributed by atoms with Gasteiger partial charge in [-0.1, -0.05) is 12.1 Å². The van der Waals surface area contributed by atoms with Gasteiger partial charge in [0.05, 0.1) is 18.6 Å². The van der Waals surface area contributed by atoms with Gasteiger partial charge in [0.15, 0.2) is 0 Å².